The first kappa shape index (κ1) is 14.9. The maximum Gasteiger partial charge on any atom is 0.0524 e. The van der Waals surface area contributed by atoms with Crippen molar-refractivity contribution >= 4 is 0 Å². The molecule has 0 radical (unpaired) electrons. The molecule has 0 heterocycles. The number of rotatable bonds is 7. The van der Waals surface area contributed by atoms with E-state index in [0.717, 1.165) is 19.5 Å². The smallest absolute Gasteiger partial charge is 0.0524 e. The lowest BCUT2D eigenvalue weighted by Gasteiger charge is -2.40. The van der Waals surface area contributed by atoms with E-state index in [4.69, 9.17) is 0 Å². The summed E-state index contributed by atoms with van der Waals surface area (Å²) in [6.45, 7) is 5.17. The standard InChI is InChI=1S/C14H30N2O/c1-13(17)7-10-16(3)12-14(11-15-2)8-5-4-6-9-14/h13,15,17H,4-12H2,1-3H3. The quantitative estimate of drug-likeness (QED) is 0.715. The number of nitrogens with one attached hydrogen (secondary N) is 1. The molecule has 3 heteroatoms. The van der Waals surface area contributed by atoms with Crippen molar-refractivity contribution < 1.29 is 5.11 Å². The summed E-state index contributed by atoms with van der Waals surface area (Å²) < 4.78 is 0. The van der Waals surface area contributed by atoms with Gasteiger partial charge in [-0.05, 0) is 45.7 Å². The van der Waals surface area contributed by atoms with Gasteiger partial charge in [-0.1, -0.05) is 19.3 Å². The lowest BCUT2D eigenvalue weighted by molar-refractivity contribution is 0.104. The molecule has 0 aliphatic heterocycles. The lowest BCUT2D eigenvalue weighted by Crippen LogP contribution is -2.44. The van der Waals surface area contributed by atoms with E-state index in [2.05, 4.69) is 24.3 Å². The Hall–Kier alpha value is -0.120. The minimum atomic E-state index is -0.177. The van der Waals surface area contributed by atoms with Crippen molar-refractivity contribution in [2.45, 2.75) is 51.6 Å². The SMILES string of the molecule is CNCC1(CN(C)CCC(C)O)CCCCC1. The second-order valence-corrected chi connectivity index (χ2v) is 5.97. The average molecular weight is 242 g/mol. The van der Waals surface area contributed by atoms with E-state index >= 15 is 0 Å². The topological polar surface area (TPSA) is 35.5 Å². The molecule has 1 aliphatic carbocycles. The minimum absolute atomic E-state index is 0.177. The maximum atomic E-state index is 9.34. The van der Waals surface area contributed by atoms with Crippen LogP contribution in [0.2, 0.25) is 0 Å². The van der Waals surface area contributed by atoms with Crippen LogP contribution in [0.5, 0.6) is 0 Å². The fourth-order valence-corrected chi connectivity index (χ4v) is 3.13. The summed E-state index contributed by atoms with van der Waals surface area (Å²) in [4.78, 5) is 2.40. The normalized spacial score (nSPS) is 21.7. The fraction of sp³-hybridized carbons (Fsp3) is 1.00. The molecule has 0 amide bonds. The number of aliphatic hydroxyl groups excluding tert-OH is 1. The summed E-state index contributed by atoms with van der Waals surface area (Å²) in [6, 6.07) is 0. The molecule has 2 N–H and O–H groups in total. The molecule has 0 aromatic heterocycles. The molecule has 3 nitrogen and oxygen atoms in total. The van der Waals surface area contributed by atoms with Crippen molar-refractivity contribution in [1.29, 1.82) is 0 Å². The van der Waals surface area contributed by atoms with Gasteiger partial charge in [-0.3, -0.25) is 0 Å². The van der Waals surface area contributed by atoms with Crippen LogP contribution in [0, 0.1) is 5.41 Å². The van der Waals surface area contributed by atoms with Gasteiger partial charge in [0, 0.05) is 19.6 Å². The zero-order valence-corrected chi connectivity index (χ0v) is 11.8. The Balaban J connectivity index is 2.42. The van der Waals surface area contributed by atoms with Gasteiger partial charge in [0.15, 0.2) is 0 Å². The summed E-state index contributed by atoms with van der Waals surface area (Å²) in [6.07, 6.45) is 7.58. The van der Waals surface area contributed by atoms with E-state index in [1.54, 1.807) is 0 Å². The highest BCUT2D eigenvalue weighted by molar-refractivity contribution is 4.87. The Morgan fingerprint density at radius 1 is 1.29 bits per heavy atom. The van der Waals surface area contributed by atoms with Gasteiger partial charge in [0.2, 0.25) is 0 Å². The summed E-state index contributed by atoms with van der Waals surface area (Å²) in [5.74, 6) is 0. The molecule has 0 aromatic carbocycles. The summed E-state index contributed by atoms with van der Waals surface area (Å²) in [7, 11) is 4.25. The Morgan fingerprint density at radius 3 is 2.47 bits per heavy atom. The van der Waals surface area contributed by atoms with Crippen molar-refractivity contribution in [1.82, 2.24) is 10.2 Å². The largest absolute Gasteiger partial charge is 0.393 e. The zero-order valence-electron chi connectivity index (χ0n) is 11.8. The first-order valence-electron chi connectivity index (χ1n) is 7.09. The molecule has 0 saturated heterocycles. The molecule has 0 bridgehead atoms. The maximum absolute atomic E-state index is 9.34. The molecule has 1 saturated carbocycles. The van der Waals surface area contributed by atoms with Crippen molar-refractivity contribution in [3.8, 4) is 0 Å². The zero-order chi connectivity index (χ0) is 12.7. The third-order valence-corrected chi connectivity index (χ3v) is 4.00. The third-order valence-electron chi connectivity index (χ3n) is 4.00. The van der Waals surface area contributed by atoms with E-state index < -0.39 is 0 Å². The predicted molar refractivity (Wildman–Crippen MR) is 73.2 cm³/mol. The van der Waals surface area contributed by atoms with Gasteiger partial charge in [-0.15, -0.1) is 0 Å². The summed E-state index contributed by atoms with van der Waals surface area (Å²) in [5, 5.41) is 12.7. The molecule has 1 fully saturated rings. The van der Waals surface area contributed by atoms with Gasteiger partial charge in [0.05, 0.1) is 6.10 Å². The highest BCUT2D eigenvalue weighted by atomic mass is 16.3. The Bertz CT molecular complexity index is 195. The van der Waals surface area contributed by atoms with Gasteiger partial charge in [-0.2, -0.15) is 0 Å². The summed E-state index contributed by atoms with van der Waals surface area (Å²) in [5.41, 5.74) is 0.473. The summed E-state index contributed by atoms with van der Waals surface area (Å²) >= 11 is 0. The molecule has 0 aromatic rings. The first-order valence-corrected chi connectivity index (χ1v) is 7.09. The van der Waals surface area contributed by atoms with Gasteiger partial charge >= 0.3 is 0 Å². The highest BCUT2D eigenvalue weighted by Gasteiger charge is 2.32. The van der Waals surface area contributed by atoms with Gasteiger partial charge in [0.25, 0.3) is 0 Å². The van der Waals surface area contributed by atoms with Crippen molar-refractivity contribution in [2.24, 2.45) is 5.41 Å². The molecule has 1 unspecified atom stereocenters. The van der Waals surface area contributed by atoms with E-state index in [-0.39, 0.29) is 6.10 Å². The van der Waals surface area contributed by atoms with Gasteiger partial charge < -0.3 is 15.3 Å². The molecule has 102 valence electrons. The number of hydrogen-bond donors (Lipinski definition) is 2. The molecule has 0 spiro atoms. The molecule has 1 atom stereocenters. The molecule has 1 rings (SSSR count). The minimum Gasteiger partial charge on any atom is -0.393 e. The van der Waals surface area contributed by atoms with Gasteiger partial charge in [-0.25, -0.2) is 0 Å². The van der Waals surface area contributed by atoms with Crippen LogP contribution in [0.15, 0.2) is 0 Å². The van der Waals surface area contributed by atoms with Crippen LogP contribution in [0.3, 0.4) is 0 Å². The molecular weight excluding hydrogens is 212 g/mol. The van der Waals surface area contributed by atoms with E-state index in [9.17, 15) is 5.11 Å². The van der Waals surface area contributed by atoms with Crippen LogP contribution in [-0.4, -0.2) is 49.8 Å². The van der Waals surface area contributed by atoms with Crippen LogP contribution in [-0.2, 0) is 0 Å². The average Bonchev–Trinajstić information content (AvgIpc) is 2.28. The van der Waals surface area contributed by atoms with Crippen LogP contribution in [0.4, 0.5) is 0 Å². The Morgan fingerprint density at radius 2 is 1.94 bits per heavy atom. The van der Waals surface area contributed by atoms with E-state index in [0.29, 0.717) is 5.41 Å². The van der Waals surface area contributed by atoms with Crippen LogP contribution < -0.4 is 5.32 Å². The second-order valence-electron chi connectivity index (χ2n) is 5.97. The number of nitrogens with zero attached hydrogens (tertiary/aromatic N) is 1. The van der Waals surface area contributed by atoms with Crippen LogP contribution in [0.25, 0.3) is 0 Å². The first-order chi connectivity index (χ1) is 8.08. The monoisotopic (exact) mass is 242 g/mol. The third kappa shape index (κ3) is 5.36. The van der Waals surface area contributed by atoms with Crippen molar-refractivity contribution in [3.05, 3.63) is 0 Å². The van der Waals surface area contributed by atoms with Crippen molar-refractivity contribution in [2.75, 3.05) is 33.7 Å². The Kier molecular flexibility index (Phi) is 6.45. The second kappa shape index (κ2) is 7.34. The van der Waals surface area contributed by atoms with Crippen molar-refractivity contribution in [3.63, 3.8) is 0 Å². The van der Waals surface area contributed by atoms with Gasteiger partial charge in [0.1, 0.15) is 0 Å². The van der Waals surface area contributed by atoms with E-state index in [1.165, 1.54) is 38.6 Å². The number of hydrogen-bond acceptors (Lipinski definition) is 3. The number of aliphatic hydroxyl groups is 1. The lowest BCUT2D eigenvalue weighted by atomic mass is 9.73. The molecule has 17 heavy (non-hydrogen) atoms. The van der Waals surface area contributed by atoms with E-state index in [1.807, 2.05) is 6.92 Å². The molecular formula is C14H30N2O. The predicted octanol–water partition coefficient (Wildman–Crippen LogP) is 1.86. The fourth-order valence-electron chi connectivity index (χ4n) is 3.13. The van der Waals surface area contributed by atoms with Crippen LogP contribution in [0.1, 0.15) is 45.4 Å². The Labute approximate surface area is 107 Å². The van der Waals surface area contributed by atoms with Crippen LogP contribution >= 0.6 is 0 Å². The molecule has 1 aliphatic rings. The highest BCUT2D eigenvalue weighted by Crippen LogP contribution is 2.36.